The van der Waals surface area contributed by atoms with Crippen LogP contribution in [0, 0.1) is 0 Å². The minimum Gasteiger partial charge on any atom is -0.399 e. The predicted octanol–water partition coefficient (Wildman–Crippen LogP) is 2.69. The zero-order valence-corrected chi connectivity index (χ0v) is 13.5. The van der Waals surface area contributed by atoms with Crippen LogP contribution >= 0.6 is 15.9 Å². The molecule has 0 saturated carbocycles. The Labute approximate surface area is 131 Å². The van der Waals surface area contributed by atoms with Crippen molar-refractivity contribution < 1.29 is 13.2 Å². The molecule has 5 nitrogen and oxygen atoms in total. The van der Waals surface area contributed by atoms with E-state index < -0.39 is 15.7 Å². The van der Waals surface area contributed by atoms with E-state index in [-0.39, 0.29) is 10.5 Å². The van der Waals surface area contributed by atoms with Crippen LogP contribution in [0.3, 0.4) is 0 Å². The normalized spacial score (nSPS) is 11.1. The second-order valence-electron chi connectivity index (χ2n) is 4.49. The minimum absolute atomic E-state index is 0.0989. The highest BCUT2D eigenvalue weighted by Gasteiger charge is 2.13. The molecule has 0 radical (unpaired) electrons. The number of nitrogens with two attached hydrogens (primary N) is 1. The minimum atomic E-state index is -3.36. The Balaban J connectivity index is 2.31. The maximum Gasteiger partial charge on any atom is 0.255 e. The molecule has 0 unspecified atom stereocenters. The Bertz CT molecular complexity index is 804. The topological polar surface area (TPSA) is 89.3 Å². The molecule has 2 aromatic rings. The third kappa shape index (κ3) is 3.83. The third-order valence-electron chi connectivity index (χ3n) is 2.76. The number of amides is 1. The average Bonchev–Trinajstić information content (AvgIpc) is 2.42. The first-order chi connectivity index (χ1) is 9.77. The number of nitrogens with one attached hydrogen (secondary N) is 1. The van der Waals surface area contributed by atoms with Crippen molar-refractivity contribution >= 4 is 43.0 Å². The van der Waals surface area contributed by atoms with Crippen LogP contribution in [0.4, 0.5) is 11.4 Å². The average molecular weight is 369 g/mol. The van der Waals surface area contributed by atoms with E-state index in [1.165, 1.54) is 18.2 Å². The van der Waals surface area contributed by atoms with Gasteiger partial charge in [-0.2, -0.15) is 0 Å². The van der Waals surface area contributed by atoms with E-state index in [0.29, 0.717) is 15.8 Å². The lowest BCUT2D eigenvalue weighted by atomic mass is 10.2. The zero-order valence-electron chi connectivity index (χ0n) is 11.1. The van der Waals surface area contributed by atoms with E-state index in [1.807, 2.05) is 0 Å². The fraction of sp³-hybridized carbons (Fsp3) is 0.0714. The molecular weight excluding hydrogens is 356 g/mol. The Morgan fingerprint density at radius 1 is 1.19 bits per heavy atom. The van der Waals surface area contributed by atoms with Crippen LogP contribution in [0.5, 0.6) is 0 Å². The van der Waals surface area contributed by atoms with Gasteiger partial charge in [0, 0.05) is 22.0 Å². The van der Waals surface area contributed by atoms with Crippen LogP contribution in [-0.4, -0.2) is 20.6 Å². The van der Waals surface area contributed by atoms with Crippen LogP contribution in [0.15, 0.2) is 51.8 Å². The molecule has 0 aliphatic carbocycles. The van der Waals surface area contributed by atoms with E-state index in [0.717, 1.165) is 6.26 Å². The lowest BCUT2D eigenvalue weighted by Gasteiger charge is -2.09. The fourth-order valence-corrected chi connectivity index (χ4v) is 2.71. The first-order valence-electron chi connectivity index (χ1n) is 5.94. The standard InChI is InChI=1S/C14H13BrN2O3S/c1-21(19,20)11-4-2-3-9(7-11)14(18)17-13-8-10(16)5-6-12(13)15/h2-8H,16H2,1H3,(H,17,18). The first kappa shape index (κ1) is 15.5. The molecule has 0 bridgehead atoms. The van der Waals surface area contributed by atoms with Crippen LogP contribution in [0.25, 0.3) is 0 Å². The molecule has 2 rings (SSSR count). The lowest BCUT2D eigenvalue weighted by Crippen LogP contribution is -2.13. The predicted molar refractivity (Wildman–Crippen MR) is 86.1 cm³/mol. The van der Waals surface area contributed by atoms with Crippen LogP contribution in [0.2, 0.25) is 0 Å². The summed E-state index contributed by atoms with van der Waals surface area (Å²) < 4.78 is 23.7. The SMILES string of the molecule is CS(=O)(=O)c1cccc(C(=O)Nc2cc(N)ccc2Br)c1. The van der Waals surface area contributed by atoms with Crippen molar-refractivity contribution in [2.24, 2.45) is 0 Å². The van der Waals surface area contributed by atoms with E-state index in [9.17, 15) is 13.2 Å². The molecule has 0 spiro atoms. The van der Waals surface area contributed by atoms with Gasteiger partial charge in [-0.3, -0.25) is 4.79 Å². The number of rotatable bonds is 3. The van der Waals surface area contributed by atoms with Gasteiger partial charge in [-0.1, -0.05) is 6.07 Å². The van der Waals surface area contributed by atoms with Gasteiger partial charge in [0.25, 0.3) is 5.91 Å². The molecule has 0 aliphatic rings. The Morgan fingerprint density at radius 3 is 2.57 bits per heavy atom. The summed E-state index contributed by atoms with van der Waals surface area (Å²) in [7, 11) is -3.36. The number of hydrogen-bond donors (Lipinski definition) is 2. The van der Waals surface area contributed by atoms with Crippen molar-refractivity contribution in [3.05, 3.63) is 52.5 Å². The molecular formula is C14H13BrN2O3S. The third-order valence-corrected chi connectivity index (χ3v) is 4.56. The molecule has 0 heterocycles. The van der Waals surface area contributed by atoms with E-state index >= 15 is 0 Å². The molecule has 0 saturated heterocycles. The molecule has 21 heavy (non-hydrogen) atoms. The van der Waals surface area contributed by atoms with Gasteiger partial charge in [-0.15, -0.1) is 0 Å². The second kappa shape index (κ2) is 5.87. The summed E-state index contributed by atoms with van der Waals surface area (Å²) >= 11 is 3.31. The molecule has 1 amide bonds. The molecule has 0 aromatic heterocycles. The van der Waals surface area contributed by atoms with Crippen molar-refractivity contribution in [1.29, 1.82) is 0 Å². The highest BCUT2D eigenvalue weighted by atomic mass is 79.9. The highest BCUT2D eigenvalue weighted by molar-refractivity contribution is 9.10. The number of benzene rings is 2. The summed E-state index contributed by atoms with van der Waals surface area (Å²) in [5, 5.41) is 2.69. The van der Waals surface area contributed by atoms with Crippen molar-refractivity contribution in [1.82, 2.24) is 0 Å². The molecule has 0 fully saturated rings. The quantitative estimate of drug-likeness (QED) is 0.815. The second-order valence-corrected chi connectivity index (χ2v) is 7.36. The number of hydrogen-bond acceptors (Lipinski definition) is 4. The molecule has 110 valence electrons. The smallest absolute Gasteiger partial charge is 0.255 e. The van der Waals surface area contributed by atoms with Gasteiger partial charge in [-0.05, 0) is 52.3 Å². The molecule has 3 N–H and O–H groups in total. The first-order valence-corrected chi connectivity index (χ1v) is 8.62. The van der Waals surface area contributed by atoms with Gasteiger partial charge in [-0.25, -0.2) is 8.42 Å². The highest BCUT2D eigenvalue weighted by Crippen LogP contribution is 2.25. The molecule has 0 aliphatic heterocycles. The largest absolute Gasteiger partial charge is 0.399 e. The summed E-state index contributed by atoms with van der Waals surface area (Å²) in [5.41, 5.74) is 6.96. The van der Waals surface area contributed by atoms with Gasteiger partial charge in [0.2, 0.25) is 0 Å². The number of carbonyl (C=O) groups excluding carboxylic acids is 1. The van der Waals surface area contributed by atoms with Crippen molar-refractivity contribution in [3.63, 3.8) is 0 Å². The Kier molecular flexibility index (Phi) is 4.34. The fourth-order valence-electron chi connectivity index (χ4n) is 1.70. The van der Waals surface area contributed by atoms with Crippen molar-refractivity contribution in [2.45, 2.75) is 4.90 Å². The number of nitrogen functional groups attached to an aromatic ring is 1. The number of halogens is 1. The van der Waals surface area contributed by atoms with Gasteiger partial charge >= 0.3 is 0 Å². The molecule has 2 aromatic carbocycles. The van der Waals surface area contributed by atoms with Gasteiger partial charge in [0.15, 0.2) is 9.84 Å². The summed E-state index contributed by atoms with van der Waals surface area (Å²) in [6.07, 6.45) is 1.10. The summed E-state index contributed by atoms with van der Waals surface area (Å²) in [5.74, 6) is -0.410. The summed E-state index contributed by atoms with van der Waals surface area (Å²) in [6.45, 7) is 0. The van der Waals surface area contributed by atoms with E-state index in [1.54, 1.807) is 24.3 Å². The monoisotopic (exact) mass is 368 g/mol. The van der Waals surface area contributed by atoms with Crippen molar-refractivity contribution in [3.8, 4) is 0 Å². The number of anilines is 2. The summed E-state index contributed by atoms with van der Waals surface area (Å²) in [6, 6.07) is 10.9. The van der Waals surface area contributed by atoms with E-state index in [4.69, 9.17) is 5.73 Å². The van der Waals surface area contributed by atoms with Gasteiger partial charge in [0.05, 0.1) is 10.6 Å². The van der Waals surface area contributed by atoms with Crippen LogP contribution in [-0.2, 0) is 9.84 Å². The van der Waals surface area contributed by atoms with Gasteiger partial charge < -0.3 is 11.1 Å². The Hall–Kier alpha value is -1.86. The Morgan fingerprint density at radius 2 is 1.90 bits per heavy atom. The summed E-state index contributed by atoms with van der Waals surface area (Å²) in [4.78, 5) is 12.3. The van der Waals surface area contributed by atoms with E-state index in [2.05, 4.69) is 21.2 Å². The maximum atomic E-state index is 12.2. The molecule has 0 atom stereocenters. The van der Waals surface area contributed by atoms with Crippen LogP contribution < -0.4 is 11.1 Å². The van der Waals surface area contributed by atoms with Crippen LogP contribution in [0.1, 0.15) is 10.4 Å². The zero-order chi connectivity index (χ0) is 15.6. The molecule has 7 heteroatoms. The van der Waals surface area contributed by atoms with Gasteiger partial charge in [0.1, 0.15) is 0 Å². The maximum absolute atomic E-state index is 12.2. The lowest BCUT2D eigenvalue weighted by molar-refractivity contribution is 0.102. The van der Waals surface area contributed by atoms with Crippen molar-refractivity contribution in [2.75, 3.05) is 17.3 Å². The number of carbonyl (C=O) groups is 1. The number of sulfone groups is 1.